The lowest BCUT2D eigenvalue weighted by molar-refractivity contribution is -0.143. The summed E-state index contributed by atoms with van der Waals surface area (Å²) in [4.78, 5) is 18.7. The summed E-state index contributed by atoms with van der Waals surface area (Å²) in [6, 6.07) is 3.39. The van der Waals surface area contributed by atoms with Crippen LogP contribution in [0.25, 0.3) is 23.2 Å². The number of aromatic nitrogens is 4. The zero-order valence-corrected chi connectivity index (χ0v) is 15.0. The van der Waals surface area contributed by atoms with Crippen LogP contribution in [0.15, 0.2) is 42.9 Å². The normalized spacial score (nSPS) is 12.8. The Morgan fingerprint density at radius 2 is 1.61 bits per heavy atom. The Morgan fingerprint density at radius 1 is 1.00 bits per heavy atom. The number of rotatable bonds is 4. The van der Waals surface area contributed by atoms with Crippen LogP contribution in [0.3, 0.4) is 0 Å². The molecule has 13 heteroatoms. The van der Waals surface area contributed by atoms with Crippen LogP contribution in [-0.4, -0.2) is 25.7 Å². The molecule has 0 saturated carbocycles. The third-order valence-corrected chi connectivity index (χ3v) is 3.93. The summed E-state index contributed by atoms with van der Waals surface area (Å²) < 4.78 is 92.8. The van der Waals surface area contributed by atoms with Gasteiger partial charge in [0.05, 0.1) is 16.7 Å². The van der Waals surface area contributed by atoms with E-state index in [0.29, 0.717) is 12.1 Å². The molecule has 2 heterocycles. The number of benzene rings is 1. The Morgan fingerprint density at radius 3 is 2.13 bits per heavy atom. The highest BCUT2D eigenvalue weighted by molar-refractivity contribution is 6.22. The summed E-state index contributed by atoms with van der Waals surface area (Å²) in [6.07, 6.45) is -7.15. The smallest absolute Gasteiger partial charge is 0.366 e. The predicted octanol–water partition coefficient (Wildman–Crippen LogP) is 4.00. The zero-order valence-electron chi connectivity index (χ0n) is 15.0. The van der Waals surface area contributed by atoms with E-state index in [9.17, 15) is 35.5 Å². The Balaban J connectivity index is 2.08. The van der Waals surface area contributed by atoms with Gasteiger partial charge in [0.1, 0.15) is 6.33 Å². The van der Waals surface area contributed by atoms with Crippen molar-refractivity contribution in [3.8, 4) is 11.4 Å². The number of hydrogen-bond acceptors (Lipinski definition) is 4. The Hall–Kier alpha value is -3.77. The minimum Gasteiger partial charge on any atom is -0.366 e. The number of carbonyl (C=O) groups excluding carboxylic acids is 1. The van der Waals surface area contributed by atoms with E-state index < -0.39 is 52.3 Å². The topological polar surface area (TPSA) is 86.7 Å². The van der Waals surface area contributed by atoms with Crippen molar-refractivity contribution in [2.45, 2.75) is 12.4 Å². The number of nitrogens with zero attached hydrogens (tertiary/aromatic N) is 4. The van der Waals surface area contributed by atoms with Gasteiger partial charge in [0.15, 0.2) is 5.82 Å². The molecule has 31 heavy (non-hydrogen) atoms. The van der Waals surface area contributed by atoms with Gasteiger partial charge in [-0.25, -0.2) is 14.6 Å². The lowest BCUT2D eigenvalue weighted by Gasteiger charge is -2.13. The molecule has 0 radical (unpaired) electrons. The summed E-state index contributed by atoms with van der Waals surface area (Å²) in [5.41, 5.74) is 0.887. The van der Waals surface area contributed by atoms with Crippen LogP contribution in [0.2, 0.25) is 0 Å². The van der Waals surface area contributed by atoms with Crippen molar-refractivity contribution in [1.29, 1.82) is 0 Å². The molecule has 0 unspecified atom stereocenters. The Kier molecular flexibility index (Phi) is 5.53. The van der Waals surface area contributed by atoms with Crippen molar-refractivity contribution in [2.75, 3.05) is 0 Å². The molecule has 0 spiro atoms. The molecule has 0 aliphatic rings. The van der Waals surface area contributed by atoms with Crippen LogP contribution < -0.4 is 5.73 Å². The standard InChI is InChI=1S/C18H10F7N5O/c19-14-12(2-1-3-27-14)13(15(26)31)7-30-8-28-16(29-30)9-4-10(17(20,21)22)6-11(5-9)18(23,24)25/h1-8H,(H2,26,31). The SMILES string of the molecule is NC(=O)C(=Cn1cnc(-c2cc(C(F)(F)F)cc(C(F)(F)F)c2)n1)c1cccnc1F. The molecule has 0 aliphatic carbocycles. The molecule has 2 aromatic heterocycles. The van der Waals surface area contributed by atoms with Gasteiger partial charge in [-0.3, -0.25) is 4.79 Å². The van der Waals surface area contributed by atoms with Crippen LogP contribution in [-0.2, 0) is 17.1 Å². The van der Waals surface area contributed by atoms with Crippen molar-refractivity contribution in [2.24, 2.45) is 5.73 Å². The third kappa shape index (κ3) is 4.87. The molecule has 0 atom stereocenters. The van der Waals surface area contributed by atoms with Crippen molar-refractivity contribution in [3.63, 3.8) is 0 Å². The van der Waals surface area contributed by atoms with Gasteiger partial charge >= 0.3 is 12.4 Å². The number of hydrogen-bond donors (Lipinski definition) is 1. The lowest BCUT2D eigenvalue weighted by atomic mass is 10.0. The number of amides is 1. The molecule has 6 nitrogen and oxygen atoms in total. The molecule has 162 valence electrons. The second-order valence-electron chi connectivity index (χ2n) is 6.09. The van der Waals surface area contributed by atoms with Gasteiger partial charge in [0.25, 0.3) is 5.91 Å². The van der Waals surface area contributed by atoms with Crippen molar-refractivity contribution >= 4 is 17.7 Å². The van der Waals surface area contributed by atoms with Crippen LogP contribution in [0.5, 0.6) is 0 Å². The number of alkyl halides is 6. The predicted molar refractivity (Wildman–Crippen MR) is 93.0 cm³/mol. The maximum atomic E-state index is 13.9. The molecule has 0 fully saturated rings. The highest BCUT2D eigenvalue weighted by atomic mass is 19.4. The van der Waals surface area contributed by atoms with Crippen LogP contribution >= 0.6 is 0 Å². The second kappa shape index (κ2) is 7.81. The fourth-order valence-electron chi connectivity index (χ4n) is 2.54. The fraction of sp³-hybridized carbons (Fsp3) is 0.111. The first-order chi connectivity index (χ1) is 14.4. The molecule has 0 bridgehead atoms. The Labute approximate surface area is 168 Å². The highest BCUT2D eigenvalue weighted by Crippen LogP contribution is 2.38. The van der Waals surface area contributed by atoms with E-state index in [-0.39, 0.29) is 11.6 Å². The Bertz CT molecular complexity index is 1130. The number of nitrogens with two attached hydrogens (primary N) is 1. The summed E-state index contributed by atoms with van der Waals surface area (Å²) in [7, 11) is 0. The number of carbonyl (C=O) groups is 1. The summed E-state index contributed by atoms with van der Waals surface area (Å²) >= 11 is 0. The maximum absolute atomic E-state index is 13.9. The molecular formula is C18H10F7N5O. The molecule has 3 rings (SSSR count). The van der Waals surface area contributed by atoms with Crippen molar-refractivity contribution < 1.29 is 35.5 Å². The molecular weight excluding hydrogens is 435 g/mol. The van der Waals surface area contributed by atoms with Gasteiger partial charge in [-0.15, -0.1) is 5.10 Å². The molecule has 1 amide bonds. The van der Waals surface area contributed by atoms with Gasteiger partial charge in [0.2, 0.25) is 5.95 Å². The quantitative estimate of drug-likeness (QED) is 0.374. The summed E-state index contributed by atoms with van der Waals surface area (Å²) in [6.45, 7) is 0. The maximum Gasteiger partial charge on any atom is 0.416 e. The highest BCUT2D eigenvalue weighted by Gasteiger charge is 2.37. The monoisotopic (exact) mass is 445 g/mol. The molecule has 0 aliphatic heterocycles. The van der Waals surface area contributed by atoms with Crippen molar-refractivity contribution in [1.82, 2.24) is 19.7 Å². The second-order valence-corrected chi connectivity index (χ2v) is 6.09. The number of pyridine rings is 1. The molecule has 0 saturated heterocycles. The van der Waals surface area contributed by atoms with Crippen LogP contribution in [0, 0.1) is 5.95 Å². The minimum absolute atomic E-state index is 0.0310. The lowest BCUT2D eigenvalue weighted by Crippen LogP contribution is -2.15. The molecule has 3 aromatic rings. The minimum atomic E-state index is -5.05. The van der Waals surface area contributed by atoms with Crippen LogP contribution in [0.4, 0.5) is 30.7 Å². The first kappa shape index (κ1) is 21.9. The van der Waals surface area contributed by atoms with Gasteiger partial charge in [-0.05, 0) is 30.3 Å². The van der Waals surface area contributed by atoms with Crippen LogP contribution in [0.1, 0.15) is 16.7 Å². The third-order valence-electron chi connectivity index (χ3n) is 3.93. The first-order valence-corrected chi connectivity index (χ1v) is 8.20. The van der Waals surface area contributed by atoms with Gasteiger partial charge in [-0.1, -0.05) is 0 Å². The first-order valence-electron chi connectivity index (χ1n) is 8.20. The number of halogens is 7. The summed E-state index contributed by atoms with van der Waals surface area (Å²) in [5, 5.41) is 3.75. The molecule has 2 N–H and O–H groups in total. The van der Waals surface area contributed by atoms with E-state index in [1.807, 2.05) is 0 Å². The van der Waals surface area contributed by atoms with Gasteiger partial charge in [0, 0.05) is 23.5 Å². The fourth-order valence-corrected chi connectivity index (χ4v) is 2.54. The number of primary amides is 1. The van der Waals surface area contributed by atoms with E-state index in [2.05, 4.69) is 15.1 Å². The van der Waals surface area contributed by atoms with E-state index in [1.54, 1.807) is 0 Å². The van der Waals surface area contributed by atoms with E-state index >= 15 is 0 Å². The van der Waals surface area contributed by atoms with E-state index in [0.717, 1.165) is 23.4 Å². The van der Waals surface area contributed by atoms with Gasteiger partial charge in [-0.2, -0.15) is 30.7 Å². The van der Waals surface area contributed by atoms with E-state index in [1.165, 1.54) is 12.1 Å². The largest absolute Gasteiger partial charge is 0.416 e. The van der Waals surface area contributed by atoms with E-state index in [4.69, 9.17) is 5.73 Å². The summed E-state index contributed by atoms with van der Waals surface area (Å²) in [5.74, 6) is -2.61. The average Bonchev–Trinajstić information content (AvgIpc) is 3.14. The average molecular weight is 445 g/mol. The zero-order chi connectivity index (χ0) is 23.0. The molecule has 1 aromatic carbocycles. The van der Waals surface area contributed by atoms with Gasteiger partial charge < -0.3 is 5.73 Å². The van der Waals surface area contributed by atoms with Crippen molar-refractivity contribution in [3.05, 3.63) is 65.5 Å².